The summed E-state index contributed by atoms with van der Waals surface area (Å²) in [7, 11) is 5.54. The van der Waals surface area contributed by atoms with E-state index in [2.05, 4.69) is 11.4 Å². The number of carbonyl (C=O) groups is 1. The zero-order valence-electron chi connectivity index (χ0n) is 21.0. The molecule has 0 amide bonds. The Morgan fingerprint density at radius 1 is 1.00 bits per heavy atom. The van der Waals surface area contributed by atoms with Crippen molar-refractivity contribution in [2.45, 2.75) is 39.8 Å². The van der Waals surface area contributed by atoms with Gasteiger partial charge in [-0.2, -0.15) is 0 Å². The van der Waals surface area contributed by atoms with Gasteiger partial charge in [-0.15, -0.1) is 0 Å². The van der Waals surface area contributed by atoms with Crippen molar-refractivity contribution >= 4 is 17.7 Å². The lowest BCUT2D eigenvalue weighted by Gasteiger charge is -2.29. The summed E-state index contributed by atoms with van der Waals surface area (Å²) in [5.74, 6) is 0.878. The molecule has 6 heteroatoms. The van der Waals surface area contributed by atoms with Crippen molar-refractivity contribution in [1.82, 2.24) is 0 Å². The van der Waals surface area contributed by atoms with Crippen LogP contribution in [0.5, 0.6) is 11.5 Å². The van der Waals surface area contributed by atoms with Crippen molar-refractivity contribution in [3.05, 3.63) is 71.0 Å². The van der Waals surface area contributed by atoms with E-state index in [0.717, 1.165) is 51.2 Å². The zero-order chi connectivity index (χ0) is 25.0. The molecule has 0 saturated carbocycles. The number of anilines is 2. The first kappa shape index (κ1) is 25.1. The monoisotopic (exact) mass is 464 g/mol. The third kappa shape index (κ3) is 5.50. The summed E-state index contributed by atoms with van der Waals surface area (Å²) >= 11 is 0. The Balaban J connectivity index is 2.23. The topological polar surface area (TPSA) is 50.8 Å². The minimum Gasteiger partial charge on any atom is -0.496 e. The molecule has 0 saturated heterocycles. The smallest absolute Gasteiger partial charge is 0.144 e. The van der Waals surface area contributed by atoms with Crippen LogP contribution >= 0.6 is 0 Å². The molecule has 0 radical (unpaired) electrons. The van der Waals surface area contributed by atoms with Gasteiger partial charge in [0.2, 0.25) is 0 Å². The van der Waals surface area contributed by atoms with Crippen LogP contribution in [0.25, 0.3) is 11.1 Å². The lowest BCUT2D eigenvalue weighted by Crippen LogP contribution is -2.33. The number of rotatable bonds is 9. The number of methoxy groups -OCH3 is 1. The molecule has 0 bridgehead atoms. The fourth-order valence-electron chi connectivity index (χ4n) is 3.93. The average molecular weight is 465 g/mol. The fraction of sp³-hybridized carbons (Fsp3) is 0.321. The van der Waals surface area contributed by atoms with Gasteiger partial charge in [0.15, 0.2) is 0 Å². The molecule has 0 atom stereocenters. The minimum absolute atomic E-state index is 0.196. The van der Waals surface area contributed by atoms with Gasteiger partial charge < -0.3 is 24.5 Å². The number of carbonyl (C=O) groups excluding carboxylic acids is 1. The van der Waals surface area contributed by atoms with Gasteiger partial charge in [-0.1, -0.05) is 23.8 Å². The van der Waals surface area contributed by atoms with Gasteiger partial charge >= 0.3 is 0 Å². The van der Waals surface area contributed by atoms with E-state index in [1.807, 2.05) is 71.0 Å². The molecule has 0 fully saturated rings. The van der Waals surface area contributed by atoms with Crippen LogP contribution in [0.4, 0.5) is 15.8 Å². The highest BCUT2D eigenvalue weighted by Gasteiger charge is 2.23. The van der Waals surface area contributed by atoms with Gasteiger partial charge in [-0.25, -0.2) is 4.39 Å². The van der Waals surface area contributed by atoms with E-state index >= 15 is 0 Å². The van der Waals surface area contributed by atoms with Gasteiger partial charge in [0.25, 0.3) is 0 Å². The summed E-state index contributed by atoms with van der Waals surface area (Å²) in [6.45, 7) is 7.76. The Bertz CT molecular complexity index is 1190. The summed E-state index contributed by atoms with van der Waals surface area (Å²) < 4.78 is 25.7. The number of hydrogen-bond acceptors (Lipinski definition) is 5. The Morgan fingerprint density at radius 2 is 1.74 bits per heavy atom. The number of nitrogens with zero attached hydrogens (tertiary/aromatic N) is 1. The number of benzene rings is 3. The van der Waals surface area contributed by atoms with Gasteiger partial charge in [-0.3, -0.25) is 0 Å². The second-order valence-corrected chi connectivity index (χ2v) is 9.25. The first-order chi connectivity index (χ1) is 16.1. The summed E-state index contributed by atoms with van der Waals surface area (Å²) in [5, 5.41) is 3.34. The molecule has 0 aliphatic heterocycles. The van der Waals surface area contributed by atoms with Crippen LogP contribution in [0, 0.1) is 19.7 Å². The van der Waals surface area contributed by atoms with Crippen molar-refractivity contribution in [2.75, 3.05) is 31.4 Å². The molecule has 3 aromatic rings. The largest absolute Gasteiger partial charge is 0.496 e. The van der Waals surface area contributed by atoms with E-state index in [0.29, 0.717) is 5.75 Å². The van der Waals surface area contributed by atoms with Gasteiger partial charge in [0.05, 0.1) is 24.0 Å². The minimum atomic E-state index is -0.759. The second-order valence-electron chi connectivity index (χ2n) is 9.25. The van der Waals surface area contributed by atoms with Crippen molar-refractivity contribution in [3.8, 4) is 22.6 Å². The Morgan fingerprint density at radius 3 is 2.38 bits per heavy atom. The molecule has 34 heavy (non-hydrogen) atoms. The van der Waals surface area contributed by atoms with E-state index in [1.165, 1.54) is 12.1 Å². The molecule has 3 aromatic carbocycles. The number of halogens is 1. The molecule has 5 nitrogen and oxygen atoms in total. The third-order valence-electron chi connectivity index (χ3n) is 5.65. The molecule has 0 heterocycles. The molecule has 3 rings (SSSR count). The molecule has 0 aromatic heterocycles. The Labute approximate surface area is 201 Å². The van der Waals surface area contributed by atoms with Crippen molar-refractivity contribution in [2.24, 2.45) is 0 Å². The van der Waals surface area contributed by atoms with E-state index < -0.39 is 5.54 Å². The highest BCUT2D eigenvalue weighted by Crippen LogP contribution is 2.41. The lowest BCUT2D eigenvalue weighted by atomic mass is 9.94. The molecular formula is C28H33FN2O3. The van der Waals surface area contributed by atoms with Crippen LogP contribution in [0.15, 0.2) is 48.5 Å². The Hall–Kier alpha value is -3.54. The van der Waals surface area contributed by atoms with Crippen LogP contribution < -0.4 is 19.7 Å². The van der Waals surface area contributed by atoms with Crippen LogP contribution in [0.2, 0.25) is 0 Å². The highest BCUT2D eigenvalue weighted by atomic mass is 19.1. The predicted octanol–water partition coefficient (Wildman–Crippen LogP) is 6.15. The lowest BCUT2D eigenvalue weighted by molar-refractivity contribution is -0.110. The number of aryl methyl sites for hydroxylation is 2. The average Bonchev–Trinajstić information content (AvgIpc) is 2.79. The summed E-state index contributed by atoms with van der Waals surface area (Å²) in [5.41, 5.74) is 5.62. The van der Waals surface area contributed by atoms with E-state index in [-0.39, 0.29) is 12.4 Å². The number of nitrogens with one attached hydrogen (secondary N) is 1. The van der Waals surface area contributed by atoms with Crippen LogP contribution in [-0.2, 0) is 11.4 Å². The van der Waals surface area contributed by atoms with Crippen molar-refractivity contribution < 1.29 is 18.7 Å². The fourth-order valence-corrected chi connectivity index (χ4v) is 3.93. The molecule has 0 unspecified atom stereocenters. The molecular weight excluding hydrogens is 431 g/mol. The van der Waals surface area contributed by atoms with E-state index in [4.69, 9.17) is 9.47 Å². The van der Waals surface area contributed by atoms with E-state index in [9.17, 15) is 9.18 Å². The molecule has 0 aliphatic rings. The van der Waals surface area contributed by atoms with Crippen LogP contribution in [0.3, 0.4) is 0 Å². The maximum Gasteiger partial charge on any atom is 0.144 e. The van der Waals surface area contributed by atoms with Gasteiger partial charge in [0, 0.05) is 31.3 Å². The number of ether oxygens (including phenoxy) is 2. The predicted molar refractivity (Wildman–Crippen MR) is 137 cm³/mol. The molecule has 180 valence electrons. The summed E-state index contributed by atoms with van der Waals surface area (Å²) in [4.78, 5) is 13.6. The quantitative estimate of drug-likeness (QED) is 0.385. The van der Waals surface area contributed by atoms with Crippen molar-refractivity contribution in [3.63, 3.8) is 0 Å². The normalized spacial score (nSPS) is 11.2. The molecule has 0 spiro atoms. The van der Waals surface area contributed by atoms with E-state index in [1.54, 1.807) is 13.2 Å². The maximum atomic E-state index is 13.9. The van der Waals surface area contributed by atoms with Gasteiger partial charge in [0.1, 0.15) is 30.2 Å². The first-order valence-corrected chi connectivity index (χ1v) is 11.2. The SMILES string of the molecule is COc1ccc(C)cc1-c1ccc(NC(C)(C)C=O)c(N(C)C)c1COc1cc(F)ccc1C. The van der Waals surface area contributed by atoms with Crippen molar-refractivity contribution in [1.29, 1.82) is 0 Å². The summed E-state index contributed by atoms with van der Waals surface area (Å²) in [6.07, 6.45) is 0.885. The van der Waals surface area contributed by atoms with Gasteiger partial charge in [-0.05, 0) is 63.1 Å². The third-order valence-corrected chi connectivity index (χ3v) is 5.65. The van der Waals surface area contributed by atoms with Crippen LogP contribution in [-0.4, -0.2) is 33.0 Å². The first-order valence-electron chi connectivity index (χ1n) is 11.2. The van der Waals surface area contributed by atoms with Crippen LogP contribution in [0.1, 0.15) is 30.5 Å². The summed E-state index contributed by atoms with van der Waals surface area (Å²) in [6, 6.07) is 14.5. The highest BCUT2D eigenvalue weighted by molar-refractivity contribution is 5.87. The number of hydrogen-bond donors (Lipinski definition) is 1. The molecule has 1 N–H and O–H groups in total. The zero-order valence-corrected chi connectivity index (χ0v) is 21.0. The standard InChI is InChI=1S/C28H33FN2O3/c1-18-8-13-25(33-7)22(14-18)21-11-12-24(30-28(3,4)17-32)27(31(5)6)23(21)16-34-26-15-20(29)10-9-19(26)2/h8-15,17,30H,16H2,1-7H3. The number of aldehydes is 1. The maximum absolute atomic E-state index is 13.9. The molecule has 0 aliphatic carbocycles. The Kier molecular flexibility index (Phi) is 7.50. The second kappa shape index (κ2) is 10.2.